The number of rotatable bonds is 3. The molecule has 0 N–H and O–H groups in total. The monoisotopic (exact) mass is 716 g/mol. The van der Waals surface area contributed by atoms with Crippen LogP contribution in [0.2, 0.25) is 0 Å². The van der Waals surface area contributed by atoms with Crippen LogP contribution in [0.15, 0.2) is 170 Å². The Hall–Kier alpha value is -7.08. The molecule has 0 saturated carbocycles. The Kier molecular flexibility index (Phi) is 5.74. The van der Waals surface area contributed by atoms with Crippen LogP contribution in [0.5, 0.6) is 0 Å². The molecule has 55 heavy (non-hydrogen) atoms. The van der Waals surface area contributed by atoms with Gasteiger partial charge in [-0.25, -0.2) is 9.97 Å². The number of para-hydroxylation sites is 2. The van der Waals surface area contributed by atoms with E-state index in [0.29, 0.717) is 0 Å². The van der Waals surface area contributed by atoms with Crippen molar-refractivity contribution in [2.24, 2.45) is 0 Å². The summed E-state index contributed by atoms with van der Waals surface area (Å²) in [4.78, 5) is 10.9. The Morgan fingerprint density at radius 2 is 1.09 bits per heavy atom. The maximum absolute atomic E-state index is 5.58. The van der Waals surface area contributed by atoms with Gasteiger partial charge in [0.1, 0.15) is 0 Å². The highest BCUT2D eigenvalue weighted by Gasteiger charge is 2.27. The van der Waals surface area contributed by atoms with Gasteiger partial charge in [0.15, 0.2) is 11.6 Å². The minimum absolute atomic E-state index is 0.718. The Morgan fingerprint density at radius 3 is 1.95 bits per heavy atom. The molecule has 0 atom stereocenters. The molecule has 0 fully saturated rings. The number of thiophene rings is 1. The van der Waals surface area contributed by atoms with Crippen molar-refractivity contribution in [3.05, 3.63) is 170 Å². The Bertz CT molecular complexity index is 3700. The number of benzene rings is 8. The summed E-state index contributed by atoms with van der Waals surface area (Å²) in [5.41, 5.74) is 10.3. The summed E-state index contributed by atoms with van der Waals surface area (Å²) >= 11 is 1.78. The predicted molar refractivity (Wildman–Crippen MR) is 232 cm³/mol. The third-order valence-corrected chi connectivity index (χ3v) is 12.8. The molecular formula is C50H28N4S. The van der Waals surface area contributed by atoms with Gasteiger partial charge in [-0.1, -0.05) is 140 Å². The third-order valence-electron chi connectivity index (χ3n) is 11.7. The lowest BCUT2D eigenvalue weighted by Crippen LogP contribution is -2.01. The summed E-state index contributed by atoms with van der Waals surface area (Å²) in [7, 11) is 0. The number of hydrogen-bond acceptors (Lipinski definition) is 3. The van der Waals surface area contributed by atoms with Crippen molar-refractivity contribution in [2.45, 2.75) is 0 Å². The lowest BCUT2D eigenvalue weighted by molar-refractivity contribution is 1.08. The lowest BCUT2D eigenvalue weighted by Gasteiger charge is -2.12. The van der Waals surface area contributed by atoms with Crippen molar-refractivity contribution in [1.82, 2.24) is 18.9 Å². The Balaban J connectivity index is 1.21. The molecule has 0 aliphatic carbocycles. The maximum atomic E-state index is 5.58. The molecule has 13 aromatic rings. The molecule has 0 radical (unpaired) electrons. The fraction of sp³-hybridized carbons (Fsp3) is 0. The van der Waals surface area contributed by atoms with Crippen molar-refractivity contribution >= 4 is 102 Å². The van der Waals surface area contributed by atoms with Gasteiger partial charge in [-0.05, 0) is 52.2 Å². The third kappa shape index (κ3) is 3.89. The van der Waals surface area contributed by atoms with Crippen LogP contribution in [-0.2, 0) is 0 Å². The molecule has 5 heterocycles. The predicted octanol–water partition coefficient (Wildman–Crippen LogP) is 13.6. The van der Waals surface area contributed by atoms with E-state index in [1.165, 1.54) is 81.0 Å². The second kappa shape index (κ2) is 10.8. The van der Waals surface area contributed by atoms with E-state index >= 15 is 0 Å². The molecule has 254 valence electrons. The zero-order valence-corrected chi connectivity index (χ0v) is 30.2. The van der Waals surface area contributed by atoms with Crippen LogP contribution in [0.3, 0.4) is 0 Å². The summed E-state index contributed by atoms with van der Waals surface area (Å²) < 4.78 is 7.23. The molecule has 8 aromatic carbocycles. The molecule has 0 bridgehead atoms. The topological polar surface area (TPSA) is 35.1 Å². The average molecular weight is 717 g/mol. The fourth-order valence-electron chi connectivity index (χ4n) is 9.29. The standard InChI is InChI=1S/C50H28N4S/c1-2-12-29(13-3-1)30-22-24-32(25-23-30)49-51-45-36-18-8-11-21-42(36)55-48(45)50(52-49)54-39-19-9-6-16-34(39)37-28-38-43-33-15-5-4-14-31(33)26-27-41(43)53-40-20-10-7-17-35(40)44(46(37)54)47(38)53/h1-28H. The molecular weight excluding hydrogens is 689 g/mol. The van der Waals surface area contributed by atoms with Crippen LogP contribution >= 0.6 is 11.3 Å². The molecule has 5 aromatic heterocycles. The van der Waals surface area contributed by atoms with E-state index in [1.807, 2.05) is 0 Å². The highest BCUT2D eigenvalue weighted by Crippen LogP contribution is 2.49. The van der Waals surface area contributed by atoms with E-state index in [2.05, 4.69) is 179 Å². The number of fused-ring (bicyclic) bond motifs is 15. The van der Waals surface area contributed by atoms with Gasteiger partial charge in [-0.15, -0.1) is 11.3 Å². The first-order valence-corrected chi connectivity index (χ1v) is 19.5. The zero-order chi connectivity index (χ0) is 35.8. The molecule has 0 unspecified atom stereocenters. The van der Waals surface area contributed by atoms with Gasteiger partial charge in [0.2, 0.25) is 0 Å². The number of aromatic nitrogens is 4. The van der Waals surface area contributed by atoms with Crippen LogP contribution in [0.1, 0.15) is 0 Å². The second-order valence-electron chi connectivity index (χ2n) is 14.5. The smallest absolute Gasteiger partial charge is 0.162 e. The van der Waals surface area contributed by atoms with E-state index in [-0.39, 0.29) is 0 Å². The van der Waals surface area contributed by atoms with Gasteiger partial charge in [-0.3, -0.25) is 4.57 Å². The highest BCUT2D eigenvalue weighted by molar-refractivity contribution is 7.26. The molecule has 4 nitrogen and oxygen atoms in total. The summed E-state index contributed by atoms with van der Waals surface area (Å²) in [5, 5.41) is 11.2. The molecule has 13 rings (SSSR count). The van der Waals surface area contributed by atoms with Crippen LogP contribution < -0.4 is 0 Å². The largest absolute Gasteiger partial charge is 0.308 e. The van der Waals surface area contributed by atoms with E-state index < -0.39 is 0 Å². The molecule has 5 heteroatoms. The maximum Gasteiger partial charge on any atom is 0.162 e. The van der Waals surface area contributed by atoms with E-state index in [1.54, 1.807) is 11.3 Å². The first-order valence-electron chi connectivity index (χ1n) is 18.7. The normalized spacial score (nSPS) is 12.4. The van der Waals surface area contributed by atoms with E-state index in [9.17, 15) is 0 Å². The zero-order valence-electron chi connectivity index (χ0n) is 29.4. The van der Waals surface area contributed by atoms with Crippen molar-refractivity contribution in [3.8, 4) is 28.3 Å². The van der Waals surface area contributed by atoms with Crippen LogP contribution in [0, 0.1) is 0 Å². The average Bonchev–Trinajstić information content (AvgIpc) is 3.99. The fourth-order valence-corrected chi connectivity index (χ4v) is 10.4. The van der Waals surface area contributed by atoms with Crippen molar-refractivity contribution < 1.29 is 0 Å². The molecule has 0 saturated heterocycles. The van der Waals surface area contributed by atoms with Gasteiger partial charge in [0.25, 0.3) is 0 Å². The number of hydrogen-bond donors (Lipinski definition) is 0. The lowest BCUT2D eigenvalue weighted by atomic mass is 10.00. The molecule has 0 aliphatic rings. The Labute approximate surface area is 318 Å². The molecule has 0 amide bonds. The van der Waals surface area contributed by atoms with Crippen molar-refractivity contribution in [1.29, 1.82) is 0 Å². The first-order chi connectivity index (χ1) is 27.3. The van der Waals surface area contributed by atoms with E-state index in [0.717, 1.165) is 38.3 Å². The van der Waals surface area contributed by atoms with Crippen LogP contribution in [0.25, 0.3) is 119 Å². The van der Waals surface area contributed by atoms with Crippen molar-refractivity contribution in [3.63, 3.8) is 0 Å². The van der Waals surface area contributed by atoms with Gasteiger partial charge >= 0.3 is 0 Å². The minimum atomic E-state index is 0.718. The first kappa shape index (κ1) is 29.4. The summed E-state index contributed by atoms with van der Waals surface area (Å²) in [6.45, 7) is 0. The minimum Gasteiger partial charge on any atom is -0.308 e. The second-order valence-corrected chi connectivity index (χ2v) is 15.6. The SMILES string of the molecule is c1ccc(-c2ccc(-c3nc(-n4c5ccccc5c5cc6c7c8ccccc8ccc7n7c8ccccc8c(c54)c67)c4sc5ccccc5c4n3)cc2)cc1. The molecule has 0 spiro atoms. The van der Waals surface area contributed by atoms with Gasteiger partial charge < -0.3 is 4.40 Å². The number of nitrogens with zero attached hydrogens (tertiary/aromatic N) is 4. The van der Waals surface area contributed by atoms with Crippen LogP contribution in [0.4, 0.5) is 0 Å². The Morgan fingerprint density at radius 1 is 0.418 bits per heavy atom. The van der Waals surface area contributed by atoms with Crippen LogP contribution in [-0.4, -0.2) is 18.9 Å². The quantitative estimate of drug-likeness (QED) is 0.182. The van der Waals surface area contributed by atoms with E-state index in [4.69, 9.17) is 9.97 Å². The van der Waals surface area contributed by atoms with Gasteiger partial charge in [0.05, 0.1) is 37.8 Å². The highest BCUT2D eigenvalue weighted by atomic mass is 32.1. The van der Waals surface area contributed by atoms with Crippen molar-refractivity contribution in [2.75, 3.05) is 0 Å². The summed E-state index contributed by atoms with van der Waals surface area (Å²) in [6, 6.07) is 61.4. The summed E-state index contributed by atoms with van der Waals surface area (Å²) in [5.74, 6) is 1.63. The summed E-state index contributed by atoms with van der Waals surface area (Å²) in [6.07, 6.45) is 0. The van der Waals surface area contributed by atoms with Gasteiger partial charge in [-0.2, -0.15) is 0 Å². The molecule has 0 aliphatic heterocycles. The van der Waals surface area contributed by atoms with Gasteiger partial charge in [0, 0.05) is 48.0 Å².